The largest absolute Gasteiger partial charge is 0.506 e. The second-order valence-electron chi connectivity index (χ2n) is 5.25. The van der Waals surface area contributed by atoms with Gasteiger partial charge >= 0.3 is 0 Å². The molecule has 0 radical (unpaired) electrons. The summed E-state index contributed by atoms with van der Waals surface area (Å²) in [6.45, 7) is 0. The van der Waals surface area contributed by atoms with Gasteiger partial charge in [-0.05, 0) is 35.9 Å². The molecule has 0 amide bonds. The van der Waals surface area contributed by atoms with Crippen LogP contribution >= 0.6 is 11.6 Å². The van der Waals surface area contributed by atoms with Crippen LogP contribution in [-0.4, -0.2) is 14.8 Å². The maximum atomic E-state index is 13.0. The molecule has 0 spiro atoms. The normalized spacial score (nSPS) is 10.5. The molecule has 1 heterocycles. The molecule has 3 rings (SSSR count). The molecule has 0 saturated carbocycles. The van der Waals surface area contributed by atoms with Gasteiger partial charge in [0.1, 0.15) is 17.6 Å². The number of hydrogen-bond acceptors (Lipinski definition) is 3. The molecule has 2 N–H and O–H groups in total. The predicted molar refractivity (Wildman–Crippen MR) is 88.0 cm³/mol. The molecule has 0 unspecified atom stereocenters. The van der Waals surface area contributed by atoms with E-state index in [-0.39, 0.29) is 28.9 Å². The van der Waals surface area contributed by atoms with E-state index in [2.05, 4.69) is 0 Å². The molecular weight excluding hydrogens is 331 g/mol. The zero-order valence-electron chi connectivity index (χ0n) is 12.4. The van der Waals surface area contributed by atoms with Crippen molar-refractivity contribution in [3.63, 3.8) is 0 Å². The molecule has 24 heavy (non-hydrogen) atoms. The Balaban J connectivity index is 2.07. The third kappa shape index (κ3) is 2.92. The zero-order chi connectivity index (χ0) is 17.3. The van der Waals surface area contributed by atoms with Crippen molar-refractivity contribution in [1.82, 2.24) is 4.57 Å². The first-order valence-corrected chi connectivity index (χ1v) is 7.44. The fourth-order valence-electron chi connectivity index (χ4n) is 2.51. The van der Waals surface area contributed by atoms with E-state index in [0.717, 1.165) is 5.56 Å². The van der Waals surface area contributed by atoms with Crippen molar-refractivity contribution in [1.29, 1.82) is 5.26 Å². The van der Waals surface area contributed by atoms with E-state index in [1.54, 1.807) is 18.2 Å². The Morgan fingerprint density at radius 2 is 1.79 bits per heavy atom. The number of nitriles is 1. The maximum Gasteiger partial charge on any atom is 0.199 e. The Bertz CT molecular complexity index is 943. The molecule has 0 aliphatic rings. The van der Waals surface area contributed by atoms with Gasteiger partial charge in [-0.25, -0.2) is 4.39 Å². The summed E-state index contributed by atoms with van der Waals surface area (Å²) in [5, 5.41) is 29.5. The maximum absolute atomic E-state index is 13.0. The SMILES string of the molecule is N#Cc1ccc(-n2c(O)cc(O)c2Cc2ccc(F)cc2)cc1Cl. The van der Waals surface area contributed by atoms with Crippen molar-refractivity contribution in [2.45, 2.75) is 6.42 Å². The molecule has 6 heteroatoms. The molecule has 2 aromatic carbocycles. The fourth-order valence-corrected chi connectivity index (χ4v) is 2.73. The summed E-state index contributed by atoms with van der Waals surface area (Å²) in [4.78, 5) is 0. The minimum Gasteiger partial charge on any atom is -0.506 e. The van der Waals surface area contributed by atoms with Crippen LogP contribution in [0.5, 0.6) is 11.6 Å². The molecule has 1 aromatic heterocycles. The van der Waals surface area contributed by atoms with E-state index < -0.39 is 0 Å². The van der Waals surface area contributed by atoms with Crippen molar-refractivity contribution in [3.8, 4) is 23.4 Å². The number of aromatic nitrogens is 1. The van der Waals surface area contributed by atoms with Crippen LogP contribution in [-0.2, 0) is 6.42 Å². The van der Waals surface area contributed by atoms with Gasteiger partial charge in [0.2, 0.25) is 0 Å². The second kappa shape index (κ2) is 6.26. The summed E-state index contributed by atoms with van der Waals surface area (Å²) < 4.78 is 14.5. The first-order chi connectivity index (χ1) is 11.5. The minimum atomic E-state index is -0.347. The molecule has 0 fully saturated rings. The van der Waals surface area contributed by atoms with Crippen LogP contribution in [0.15, 0.2) is 48.5 Å². The summed E-state index contributed by atoms with van der Waals surface area (Å²) in [6.07, 6.45) is 0.282. The lowest BCUT2D eigenvalue weighted by molar-refractivity contribution is 0.440. The quantitative estimate of drug-likeness (QED) is 0.751. The molecule has 0 atom stereocenters. The van der Waals surface area contributed by atoms with E-state index in [4.69, 9.17) is 16.9 Å². The third-order valence-electron chi connectivity index (χ3n) is 3.68. The van der Waals surface area contributed by atoms with Crippen molar-refractivity contribution < 1.29 is 14.6 Å². The van der Waals surface area contributed by atoms with Crippen LogP contribution in [0, 0.1) is 17.1 Å². The molecule has 0 aliphatic heterocycles. The van der Waals surface area contributed by atoms with E-state index in [1.165, 1.54) is 34.9 Å². The lowest BCUT2D eigenvalue weighted by Gasteiger charge is -2.12. The Morgan fingerprint density at radius 1 is 1.08 bits per heavy atom. The first kappa shape index (κ1) is 15.9. The highest BCUT2D eigenvalue weighted by molar-refractivity contribution is 6.31. The average Bonchev–Trinajstić information content (AvgIpc) is 2.83. The van der Waals surface area contributed by atoms with E-state index in [9.17, 15) is 14.6 Å². The van der Waals surface area contributed by atoms with Crippen molar-refractivity contribution in [2.24, 2.45) is 0 Å². The topological polar surface area (TPSA) is 69.2 Å². The Kier molecular flexibility index (Phi) is 4.15. The molecule has 0 saturated heterocycles. The van der Waals surface area contributed by atoms with Gasteiger partial charge in [-0.1, -0.05) is 23.7 Å². The summed E-state index contributed by atoms with van der Waals surface area (Å²) in [5.74, 6) is -0.595. The van der Waals surface area contributed by atoms with Crippen LogP contribution in [0.3, 0.4) is 0 Å². The van der Waals surface area contributed by atoms with Crippen LogP contribution < -0.4 is 0 Å². The van der Waals surface area contributed by atoms with Gasteiger partial charge in [-0.15, -0.1) is 0 Å². The van der Waals surface area contributed by atoms with Gasteiger partial charge < -0.3 is 10.2 Å². The molecule has 4 nitrogen and oxygen atoms in total. The van der Waals surface area contributed by atoms with E-state index in [1.807, 2.05) is 6.07 Å². The number of halogens is 2. The molecule has 120 valence electrons. The highest BCUT2D eigenvalue weighted by Crippen LogP contribution is 2.33. The number of aromatic hydroxyl groups is 2. The Morgan fingerprint density at radius 3 is 2.42 bits per heavy atom. The van der Waals surface area contributed by atoms with Crippen LogP contribution in [0.2, 0.25) is 5.02 Å². The number of benzene rings is 2. The van der Waals surface area contributed by atoms with Crippen molar-refractivity contribution >= 4 is 11.6 Å². The van der Waals surface area contributed by atoms with Crippen LogP contribution in [0.4, 0.5) is 4.39 Å². The van der Waals surface area contributed by atoms with Gasteiger partial charge in [0.05, 0.1) is 22.0 Å². The molecule has 0 bridgehead atoms. The van der Waals surface area contributed by atoms with Gasteiger partial charge in [-0.3, -0.25) is 4.57 Å². The minimum absolute atomic E-state index is 0.0858. The number of nitrogens with zero attached hydrogens (tertiary/aromatic N) is 2. The molecular formula is C18H12ClFN2O2. The third-order valence-corrected chi connectivity index (χ3v) is 3.99. The van der Waals surface area contributed by atoms with E-state index in [0.29, 0.717) is 16.9 Å². The molecule has 3 aromatic rings. The monoisotopic (exact) mass is 342 g/mol. The van der Waals surface area contributed by atoms with Crippen molar-refractivity contribution in [2.75, 3.05) is 0 Å². The van der Waals surface area contributed by atoms with Crippen molar-refractivity contribution in [3.05, 3.63) is 76.2 Å². The summed E-state index contributed by atoms with van der Waals surface area (Å²) in [5.41, 5.74) is 2.02. The summed E-state index contributed by atoms with van der Waals surface area (Å²) >= 11 is 6.05. The molecule has 0 aliphatic carbocycles. The van der Waals surface area contributed by atoms with Gasteiger partial charge in [0.15, 0.2) is 5.88 Å². The highest BCUT2D eigenvalue weighted by Gasteiger charge is 2.17. The first-order valence-electron chi connectivity index (χ1n) is 7.06. The second-order valence-corrected chi connectivity index (χ2v) is 5.66. The van der Waals surface area contributed by atoms with Gasteiger partial charge in [0.25, 0.3) is 0 Å². The number of rotatable bonds is 3. The average molecular weight is 343 g/mol. The smallest absolute Gasteiger partial charge is 0.199 e. The van der Waals surface area contributed by atoms with Crippen LogP contribution in [0.1, 0.15) is 16.8 Å². The zero-order valence-corrected chi connectivity index (χ0v) is 13.1. The predicted octanol–water partition coefficient (Wildman–Crippen LogP) is 4.14. The Hall–Kier alpha value is -2.97. The summed E-state index contributed by atoms with van der Waals surface area (Å²) in [6, 6.07) is 13.8. The lowest BCUT2D eigenvalue weighted by atomic mass is 10.1. The van der Waals surface area contributed by atoms with E-state index >= 15 is 0 Å². The van der Waals surface area contributed by atoms with Crippen LogP contribution in [0.25, 0.3) is 5.69 Å². The fraction of sp³-hybridized carbons (Fsp3) is 0.0556. The summed E-state index contributed by atoms with van der Waals surface area (Å²) in [7, 11) is 0. The van der Waals surface area contributed by atoms with Gasteiger partial charge in [0, 0.05) is 12.5 Å². The standard InChI is InChI=1S/C18H12ClFN2O2/c19-15-8-14(6-3-12(15)10-21)22-16(17(23)9-18(22)24)7-11-1-4-13(20)5-2-11/h1-6,8-9,23-24H,7H2. The lowest BCUT2D eigenvalue weighted by Crippen LogP contribution is -2.01. The van der Waals surface area contributed by atoms with Gasteiger partial charge in [-0.2, -0.15) is 5.26 Å². The highest BCUT2D eigenvalue weighted by atomic mass is 35.5. The Labute approximate surface area is 142 Å². The number of hydrogen-bond donors (Lipinski definition) is 2.